The first-order chi connectivity index (χ1) is 14.0. The van der Waals surface area contributed by atoms with Crippen molar-refractivity contribution >= 4 is 17.5 Å². The van der Waals surface area contributed by atoms with Gasteiger partial charge in [0.05, 0.1) is 5.41 Å². The van der Waals surface area contributed by atoms with Gasteiger partial charge in [-0.05, 0) is 59.8 Å². The fraction of sp³-hybridized carbons (Fsp3) is 0.250. The zero-order valence-corrected chi connectivity index (χ0v) is 17.0. The highest BCUT2D eigenvalue weighted by molar-refractivity contribution is 6.30. The van der Waals surface area contributed by atoms with Gasteiger partial charge in [-0.2, -0.15) is 0 Å². The Morgan fingerprint density at radius 1 is 1.07 bits per heavy atom. The van der Waals surface area contributed by atoms with Crippen molar-refractivity contribution in [3.8, 4) is 11.1 Å². The van der Waals surface area contributed by atoms with E-state index in [9.17, 15) is 4.79 Å². The molecule has 0 spiro atoms. The maximum Gasteiger partial charge on any atom is 0.225 e. The van der Waals surface area contributed by atoms with Crippen molar-refractivity contribution in [3.05, 3.63) is 89.2 Å². The van der Waals surface area contributed by atoms with Crippen molar-refractivity contribution in [1.82, 2.24) is 9.88 Å². The highest BCUT2D eigenvalue weighted by Crippen LogP contribution is 2.35. The number of carbonyl (C=O) groups excluding carboxylic acids is 1. The molecule has 4 nitrogen and oxygen atoms in total. The number of hydrogen-bond donors (Lipinski definition) is 1. The van der Waals surface area contributed by atoms with Gasteiger partial charge in [-0.15, -0.1) is 0 Å². The normalized spacial score (nSPS) is 19.3. The highest BCUT2D eigenvalue weighted by Gasteiger charge is 2.43. The molecule has 1 saturated heterocycles. The molecule has 1 aliphatic rings. The number of pyridine rings is 1. The molecule has 5 heteroatoms. The summed E-state index contributed by atoms with van der Waals surface area (Å²) in [5.41, 5.74) is 9.83. The van der Waals surface area contributed by atoms with Gasteiger partial charge in [-0.25, -0.2) is 0 Å². The molecule has 0 aliphatic carbocycles. The molecule has 2 N–H and O–H groups in total. The standard InChI is InChI=1S/C24H24ClN3O/c25-22-5-1-3-19(13-22)16-28-12-10-24(17-28,23(26)29)14-18-6-8-20(9-7-18)21-4-2-11-27-15-21/h1-9,11,13,15H,10,12,14,16-17H2,(H2,26,29). The Hall–Kier alpha value is -2.69. The molecule has 0 saturated carbocycles. The number of hydrogen-bond acceptors (Lipinski definition) is 3. The molecule has 1 amide bonds. The molecule has 2 heterocycles. The average molecular weight is 406 g/mol. The minimum Gasteiger partial charge on any atom is -0.369 e. The predicted octanol–water partition coefficient (Wildman–Crippen LogP) is 4.32. The Labute approximate surface area is 176 Å². The summed E-state index contributed by atoms with van der Waals surface area (Å²) >= 11 is 6.10. The van der Waals surface area contributed by atoms with Crippen LogP contribution in [-0.4, -0.2) is 28.9 Å². The molecule has 1 aromatic heterocycles. The van der Waals surface area contributed by atoms with E-state index in [0.29, 0.717) is 13.0 Å². The molecule has 0 radical (unpaired) electrons. The molecule has 1 atom stereocenters. The second kappa shape index (κ2) is 8.36. The third-order valence-corrected chi connectivity index (χ3v) is 5.98. The van der Waals surface area contributed by atoms with Crippen LogP contribution in [0.15, 0.2) is 73.1 Å². The van der Waals surface area contributed by atoms with Crippen LogP contribution < -0.4 is 5.73 Å². The van der Waals surface area contributed by atoms with Gasteiger partial charge >= 0.3 is 0 Å². The zero-order chi connectivity index (χ0) is 20.3. The Balaban J connectivity index is 1.47. The fourth-order valence-corrected chi connectivity index (χ4v) is 4.37. The molecule has 4 rings (SSSR count). The highest BCUT2D eigenvalue weighted by atomic mass is 35.5. The van der Waals surface area contributed by atoms with Crippen LogP contribution in [0.4, 0.5) is 0 Å². The van der Waals surface area contributed by atoms with E-state index in [1.807, 2.05) is 36.5 Å². The van der Waals surface area contributed by atoms with Crippen molar-refractivity contribution < 1.29 is 4.79 Å². The van der Waals surface area contributed by atoms with Crippen molar-refractivity contribution in [2.45, 2.75) is 19.4 Å². The summed E-state index contributed by atoms with van der Waals surface area (Å²) in [5.74, 6) is -0.220. The Kier molecular flexibility index (Phi) is 5.65. The van der Waals surface area contributed by atoms with Gasteiger partial charge in [0, 0.05) is 30.5 Å². The van der Waals surface area contributed by atoms with Crippen LogP contribution in [0.5, 0.6) is 0 Å². The first kappa shape index (κ1) is 19.6. The summed E-state index contributed by atoms with van der Waals surface area (Å²) < 4.78 is 0. The number of aromatic nitrogens is 1. The van der Waals surface area contributed by atoms with E-state index in [1.54, 1.807) is 6.20 Å². The van der Waals surface area contributed by atoms with Crippen molar-refractivity contribution in [2.24, 2.45) is 11.1 Å². The minimum absolute atomic E-state index is 0.220. The molecule has 0 bridgehead atoms. The van der Waals surface area contributed by atoms with Crippen LogP contribution in [0.2, 0.25) is 5.02 Å². The van der Waals surface area contributed by atoms with E-state index in [0.717, 1.165) is 46.8 Å². The van der Waals surface area contributed by atoms with Crippen molar-refractivity contribution in [3.63, 3.8) is 0 Å². The second-order valence-corrected chi connectivity index (χ2v) is 8.29. The predicted molar refractivity (Wildman–Crippen MR) is 116 cm³/mol. The molecule has 2 aromatic carbocycles. The second-order valence-electron chi connectivity index (χ2n) is 7.85. The maximum absolute atomic E-state index is 12.4. The van der Waals surface area contributed by atoms with Gasteiger partial charge in [0.15, 0.2) is 0 Å². The number of amides is 1. The Bertz CT molecular complexity index is 991. The third-order valence-electron chi connectivity index (χ3n) is 5.74. The first-order valence-corrected chi connectivity index (χ1v) is 10.2. The molecule has 148 valence electrons. The lowest BCUT2D eigenvalue weighted by molar-refractivity contribution is -0.127. The number of rotatable bonds is 6. The van der Waals surface area contributed by atoms with Gasteiger partial charge in [0.2, 0.25) is 5.91 Å². The van der Waals surface area contributed by atoms with E-state index in [1.165, 1.54) is 0 Å². The van der Waals surface area contributed by atoms with Crippen LogP contribution >= 0.6 is 11.6 Å². The Morgan fingerprint density at radius 3 is 2.59 bits per heavy atom. The summed E-state index contributed by atoms with van der Waals surface area (Å²) in [6.07, 6.45) is 5.04. The molecule has 1 fully saturated rings. The monoisotopic (exact) mass is 405 g/mol. The summed E-state index contributed by atoms with van der Waals surface area (Å²) in [4.78, 5) is 18.9. The summed E-state index contributed by atoms with van der Waals surface area (Å²) in [7, 11) is 0. The first-order valence-electron chi connectivity index (χ1n) is 9.80. The van der Waals surface area contributed by atoms with Crippen LogP contribution in [0.25, 0.3) is 11.1 Å². The topological polar surface area (TPSA) is 59.2 Å². The largest absolute Gasteiger partial charge is 0.369 e. The number of halogens is 1. The van der Waals surface area contributed by atoms with E-state index in [4.69, 9.17) is 17.3 Å². The number of carbonyl (C=O) groups is 1. The molecule has 1 unspecified atom stereocenters. The SMILES string of the molecule is NC(=O)C1(Cc2ccc(-c3cccnc3)cc2)CCN(Cc2cccc(Cl)c2)C1. The molecule has 29 heavy (non-hydrogen) atoms. The van der Waals surface area contributed by atoms with E-state index >= 15 is 0 Å². The van der Waals surface area contributed by atoms with Gasteiger partial charge in [-0.1, -0.05) is 54.1 Å². The van der Waals surface area contributed by atoms with Crippen LogP contribution in [0.1, 0.15) is 17.5 Å². The molecule has 1 aliphatic heterocycles. The van der Waals surface area contributed by atoms with Crippen LogP contribution in [-0.2, 0) is 17.8 Å². The molecule has 3 aromatic rings. The van der Waals surface area contributed by atoms with E-state index < -0.39 is 5.41 Å². The van der Waals surface area contributed by atoms with Crippen LogP contribution in [0, 0.1) is 5.41 Å². The number of likely N-dealkylation sites (tertiary alicyclic amines) is 1. The molecular weight excluding hydrogens is 382 g/mol. The molecular formula is C24H24ClN3O. The lowest BCUT2D eigenvalue weighted by atomic mass is 9.80. The van der Waals surface area contributed by atoms with Crippen LogP contribution in [0.3, 0.4) is 0 Å². The lowest BCUT2D eigenvalue weighted by Crippen LogP contribution is -2.41. The third kappa shape index (κ3) is 4.50. The average Bonchev–Trinajstić information content (AvgIpc) is 3.13. The van der Waals surface area contributed by atoms with Crippen molar-refractivity contribution in [2.75, 3.05) is 13.1 Å². The summed E-state index contributed by atoms with van der Waals surface area (Å²) in [5, 5.41) is 0.733. The maximum atomic E-state index is 12.4. The minimum atomic E-state index is -0.533. The quantitative estimate of drug-likeness (QED) is 0.664. The smallest absolute Gasteiger partial charge is 0.225 e. The number of benzene rings is 2. The van der Waals surface area contributed by atoms with Gasteiger partial charge in [0.25, 0.3) is 0 Å². The number of nitrogens with zero attached hydrogens (tertiary/aromatic N) is 2. The zero-order valence-electron chi connectivity index (χ0n) is 16.2. The van der Waals surface area contributed by atoms with Gasteiger partial charge < -0.3 is 5.73 Å². The summed E-state index contributed by atoms with van der Waals surface area (Å²) in [6.45, 7) is 2.29. The van der Waals surface area contributed by atoms with Gasteiger partial charge in [0.1, 0.15) is 0 Å². The van der Waals surface area contributed by atoms with E-state index in [2.05, 4.69) is 40.2 Å². The fourth-order valence-electron chi connectivity index (χ4n) is 4.16. The van der Waals surface area contributed by atoms with Gasteiger partial charge in [-0.3, -0.25) is 14.7 Å². The number of primary amides is 1. The Morgan fingerprint density at radius 2 is 1.90 bits per heavy atom. The van der Waals surface area contributed by atoms with Crippen molar-refractivity contribution in [1.29, 1.82) is 0 Å². The summed E-state index contributed by atoms with van der Waals surface area (Å²) in [6, 6.07) is 20.2. The lowest BCUT2D eigenvalue weighted by Gasteiger charge is -2.26. The van der Waals surface area contributed by atoms with E-state index in [-0.39, 0.29) is 5.91 Å². The number of nitrogens with two attached hydrogens (primary N) is 1.